The molecule has 114 valence electrons. The van der Waals surface area contributed by atoms with E-state index in [-0.39, 0.29) is 11.4 Å². The molecule has 0 aliphatic heterocycles. The van der Waals surface area contributed by atoms with Crippen LogP contribution >= 0.6 is 15.9 Å². The fraction of sp³-hybridized carbons (Fsp3) is 0.308. The van der Waals surface area contributed by atoms with Gasteiger partial charge < -0.3 is 5.73 Å². The summed E-state index contributed by atoms with van der Waals surface area (Å²) in [7, 11) is -3.56. The van der Waals surface area contributed by atoms with Crippen LogP contribution in [0.2, 0.25) is 0 Å². The van der Waals surface area contributed by atoms with Crippen molar-refractivity contribution in [1.29, 1.82) is 0 Å². The molecular formula is C13H17BrN4O2S. The number of aromatic nitrogens is 2. The predicted molar refractivity (Wildman–Crippen MR) is 84.1 cm³/mol. The molecule has 0 saturated heterocycles. The van der Waals surface area contributed by atoms with Gasteiger partial charge in [0.15, 0.2) is 0 Å². The fourth-order valence-corrected chi connectivity index (χ4v) is 3.18. The maximum Gasteiger partial charge on any atom is 0.243 e. The van der Waals surface area contributed by atoms with Gasteiger partial charge in [0.2, 0.25) is 10.0 Å². The van der Waals surface area contributed by atoms with Crippen molar-refractivity contribution in [2.45, 2.75) is 24.4 Å². The lowest BCUT2D eigenvalue weighted by Gasteiger charge is -2.05. The van der Waals surface area contributed by atoms with Gasteiger partial charge in [-0.05, 0) is 30.7 Å². The minimum atomic E-state index is -3.56. The van der Waals surface area contributed by atoms with E-state index in [2.05, 4.69) is 25.8 Å². The van der Waals surface area contributed by atoms with Gasteiger partial charge in [0.05, 0.1) is 6.20 Å². The van der Waals surface area contributed by atoms with E-state index in [0.717, 1.165) is 16.5 Å². The molecule has 0 atom stereocenters. The van der Waals surface area contributed by atoms with E-state index in [1.165, 1.54) is 12.4 Å². The zero-order valence-electron chi connectivity index (χ0n) is 11.4. The summed E-state index contributed by atoms with van der Waals surface area (Å²) in [6, 6.07) is 7.48. The number of benzene rings is 1. The molecule has 0 spiro atoms. The van der Waals surface area contributed by atoms with Gasteiger partial charge in [0.1, 0.15) is 4.90 Å². The number of rotatable bonds is 7. The van der Waals surface area contributed by atoms with Crippen LogP contribution in [0.3, 0.4) is 0 Å². The van der Waals surface area contributed by atoms with Crippen molar-refractivity contribution in [3.63, 3.8) is 0 Å². The van der Waals surface area contributed by atoms with Gasteiger partial charge in [0.25, 0.3) is 0 Å². The molecule has 1 heterocycles. The molecule has 0 saturated carbocycles. The van der Waals surface area contributed by atoms with Gasteiger partial charge in [-0.2, -0.15) is 5.10 Å². The van der Waals surface area contributed by atoms with E-state index in [1.807, 2.05) is 24.3 Å². The Morgan fingerprint density at radius 2 is 2.19 bits per heavy atom. The lowest BCUT2D eigenvalue weighted by Crippen LogP contribution is -2.22. The van der Waals surface area contributed by atoms with E-state index >= 15 is 0 Å². The Kier molecular flexibility index (Phi) is 5.51. The second-order valence-corrected chi connectivity index (χ2v) is 7.22. The van der Waals surface area contributed by atoms with Crippen molar-refractivity contribution in [3.05, 3.63) is 46.7 Å². The zero-order chi connectivity index (χ0) is 15.3. The first-order valence-electron chi connectivity index (χ1n) is 6.48. The smallest absolute Gasteiger partial charge is 0.243 e. The van der Waals surface area contributed by atoms with Gasteiger partial charge in [-0.15, -0.1) is 0 Å². The molecule has 0 radical (unpaired) electrons. The summed E-state index contributed by atoms with van der Waals surface area (Å²) in [5.41, 5.74) is 6.30. The first kappa shape index (κ1) is 16.2. The predicted octanol–water partition coefficient (Wildman–Crippen LogP) is 1.47. The average Bonchev–Trinajstić information content (AvgIpc) is 2.93. The van der Waals surface area contributed by atoms with Crippen molar-refractivity contribution in [3.8, 4) is 0 Å². The SMILES string of the molecule is NCCCn1cc(S(=O)(=O)NCc2cccc(Br)c2)cn1. The third-order valence-electron chi connectivity index (χ3n) is 2.87. The number of hydrogen-bond donors (Lipinski definition) is 2. The van der Waals surface area contributed by atoms with E-state index in [1.54, 1.807) is 4.68 Å². The molecule has 0 fully saturated rings. The molecule has 0 bridgehead atoms. The van der Waals surface area contributed by atoms with Gasteiger partial charge in [0, 0.05) is 23.8 Å². The van der Waals surface area contributed by atoms with Crippen LogP contribution in [0.4, 0.5) is 0 Å². The third kappa shape index (κ3) is 4.63. The van der Waals surface area contributed by atoms with Crippen molar-refractivity contribution in [1.82, 2.24) is 14.5 Å². The first-order valence-corrected chi connectivity index (χ1v) is 8.75. The lowest BCUT2D eigenvalue weighted by atomic mass is 10.2. The first-order chi connectivity index (χ1) is 10.0. The molecule has 0 aliphatic carbocycles. The van der Waals surface area contributed by atoms with Crippen LogP contribution in [0.1, 0.15) is 12.0 Å². The van der Waals surface area contributed by atoms with Crippen LogP contribution in [0.15, 0.2) is 46.0 Å². The van der Waals surface area contributed by atoms with E-state index in [9.17, 15) is 8.42 Å². The van der Waals surface area contributed by atoms with Crippen LogP contribution in [0.5, 0.6) is 0 Å². The van der Waals surface area contributed by atoms with Crippen molar-refractivity contribution < 1.29 is 8.42 Å². The summed E-state index contributed by atoms with van der Waals surface area (Å²) in [6.45, 7) is 1.39. The molecule has 2 rings (SSSR count). The normalized spacial score (nSPS) is 11.7. The molecule has 0 unspecified atom stereocenters. The van der Waals surface area contributed by atoms with E-state index < -0.39 is 10.0 Å². The minimum absolute atomic E-state index is 0.162. The number of nitrogens with two attached hydrogens (primary N) is 1. The molecule has 1 aromatic carbocycles. The van der Waals surface area contributed by atoms with Gasteiger partial charge in [-0.1, -0.05) is 28.1 Å². The maximum absolute atomic E-state index is 12.2. The summed E-state index contributed by atoms with van der Waals surface area (Å²) in [5, 5.41) is 4.02. The van der Waals surface area contributed by atoms with Crippen LogP contribution in [0.25, 0.3) is 0 Å². The molecule has 6 nitrogen and oxygen atoms in total. The largest absolute Gasteiger partial charge is 0.330 e. The second kappa shape index (κ2) is 7.17. The minimum Gasteiger partial charge on any atom is -0.330 e. The van der Waals surface area contributed by atoms with Gasteiger partial charge >= 0.3 is 0 Å². The Bertz CT molecular complexity index is 700. The Labute approximate surface area is 132 Å². The zero-order valence-corrected chi connectivity index (χ0v) is 13.8. The summed E-state index contributed by atoms with van der Waals surface area (Å²) in [6.07, 6.45) is 3.62. The standard InChI is InChI=1S/C13H17BrN4O2S/c14-12-4-1-3-11(7-12)8-17-21(19,20)13-9-16-18(10-13)6-2-5-15/h1,3-4,7,9-10,17H,2,5-6,8,15H2. The summed E-state index contributed by atoms with van der Waals surface area (Å²) >= 11 is 3.35. The highest BCUT2D eigenvalue weighted by Crippen LogP contribution is 2.13. The highest BCUT2D eigenvalue weighted by atomic mass is 79.9. The monoisotopic (exact) mass is 372 g/mol. The van der Waals surface area contributed by atoms with Crippen LogP contribution in [0, 0.1) is 0 Å². The average molecular weight is 373 g/mol. The second-order valence-electron chi connectivity index (χ2n) is 4.54. The number of halogens is 1. The summed E-state index contributed by atoms with van der Waals surface area (Å²) in [4.78, 5) is 0.162. The fourth-order valence-electron chi connectivity index (χ4n) is 1.77. The number of nitrogens with zero attached hydrogens (tertiary/aromatic N) is 2. The van der Waals surface area contributed by atoms with Crippen molar-refractivity contribution in [2.24, 2.45) is 5.73 Å². The molecule has 3 N–H and O–H groups in total. The molecule has 8 heteroatoms. The molecule has 21 heavy (non-hydrogen) atoms. The quantitative estimate of drug-likeness (QED) is 0.769. The third-order valence-corrected chi connectivity index (χ3v) is 4.72. The van der Waals surface area contributed by atoms with Crippen LogP contribution in [-0.4, -0.2) is 24.7 Å². The molecular weight excluding hydrogens is 356 g/mol. The summed E-state index contributed by atoms with van der Waals surface area (Å²) < 4.78 is 29.4. The van der Waals surface area contributed by atoms with Crippen LogP contribution < -0.4 is 10.5 Å². The Balaban J connectivity index is 2.02. The summed E-state index contributed by atoms with van der Waals surface area (Å²) in [5.74, 6) is 0. The maximum atomic E-state index is 12.2. The van der Waals surface area contributed by atoms with Gasteiger partial charge in [-0.25, -0.2) is 13.1 Å². The van der Waals surface area contributed by atoms with Gasteiger partial charge in [-0.3, -0.25) is 4.68 Å². The number of aryl methyl sites for hydroxylation is 1. The van der Waals surface area contributed by atoms with E-state index in [0.29, 0.717) is 13.1 Å². The Morgan fingerprint density at radius 1 is 1.38 bits per heavy atom. The number of hydrogen-bond acceptors (Lipinski definition) is 4. The van der Waals surface area contributed by atoms with Crippen molar-refractivity contribution in [2.75, 3.05) is 6.54 Å². The Hall–Kier alpha value is -1.22. The lowest BCUT2D eigenvalue weighted by molar-refractivity contribution is 0.576. The molecule has 2 aromatic rings. The number of nitrogens with one attached hydrogen (secondary N) is 1. The van der Waals surface area contributed by atoms with E-state index in [4.69, 9.17) is 5.73 Å². The van der Waals surface area contributed by atoms with Crippen molar-refractivity contribution >= 4 is 26.0 Å². The number of sulfonamides is 1. The molecule has 0 aliphatic rings. The molecule has 1 aromatic heterocycles. The van der Waals surface area contributed by atoms with Crippen LogP contribution in [-0.2, 0) is 23.1 Å². The Morgan fingerprint density at radius 3 is 2.90 bits per heavy atom. The highest BCUT2D eigenvalue weighted by Gasteiger charge is 2.16. The molecule has 0 amide bonds. The highest BCUT2D eigenvalue weighted by molar-refractivity contribution is 9.10. The topological polar surface area (TPSA) is 90.0 Å².